The van der Waals surface area contributed by atoms with Gasteiger partial charge in [-0.3, -0.25) is 19.4 Å². The molecule has 1 aromatic heterocycles. The number of fused-ring (bicyclic) bond motifs is 1. The number of amides is 2. The molecule has 4 rings (SSSR count). The number of ketones is 1. The number of likely N-dealkylation sites (tertiary alicyclic amines) is 1. The predicted molar refractivity (Wildman–Crippen MR) is 160 cm³/mol. The molecule has 222 valence electrons. The minimum Gasteiger partial charge on any atom is -0.478 e. The van der Waals surface area contributed by atoms with Gasteiger partial charge in [-0.2, -0.15) is 0 Å². The van der Waals surface area contributed by atoms with Crippen LogP contribution in [0, 0.1) is 0 Å². The van der Waals surface area contributed by atoms with E-state index in [4.69, 9.17) is 11.5 Å². The van der Waals surface area contributed by atoms with Gasteiger partial charge in [-0.15, -0.1) is 11.3 Å². The number of hydrogen-bond donors (Lipinski definition) is 5. The summed E-state index contributed by atoms with van der Waals surface area (Å²) in [5, 5.41) is 15.4. The first-order valence-electron chi connectivity index (χ1n) is 13.7. The number of carboxylic acid groups (broad SMARTS) is 1. The Bertz CT molecular complexity index is 1470. The number of nitrogens with two attached hydrogens (primary N) is 2. The first kappa shape index (κ1) is 30.6. The highest BCUT2D eigenvalue weighted by Crippen LogP contribution is 2.26. The molecule has 1 aliphatic heterocycles. The number of rotatable bonds is 13. The number of nitrogens with one attached hydrogen (secondary N) is 2. The molecule has 0 aliphatic carbocycles. The number of carbonyl (C=O) groups is 4. The molecular formula is C29H35N7O5S. The van der Waals surface area contributed by atoms with Gasteiger partial charge in [0.2, 0.25) is 17.6 Å². The van der Waals surface area contributed by atoms with Crippen molar-refractivity contribution in [1.29, 1.82) is 0 Å². The van der Waals surface area contributed by atoms with Crippen LogP contribution in [0.2, 0.25) is 0 Å². The molecule has 3 atom stereocenters. The normalized spacial score (nSPS) is 16.1. The molecule has 1 fully saturated rings. The Hall–Kier alpha value is -4.36. The summed E-state index contributed by atoms with van der Waals surface area (Å²) in [4.78, 5) is 62.0. The molecule has 2 aromatic carbocycles. The van der Waals surface area contributed by atoms with Crippen LogP contribution < -0.4 is 22.1 Å². The second kappa shape index (κ2) is 14.0. The molecule has 13 heteroatoms. The SMILES string of the molecule is CN[C@H](Cc1ccccc1)C(=O)N1CCC[C@@H]1C(=O)N[C@@H](CCCN=C(N)N)C(=O)c1nc2ccc(C(=O)O)cc2s1. The van der Waals surface area contributed by atoms with Crippen molar-refractivity contribution in [2.24, 2.45) is 16.5 Å². The Balaban J connectivity index is 1.51. The average molecular weight is 594 g/mol. The van der Waals surface area contributed by atoms with Crippen molar-refractivity contribution in [2.45, 2.75) is 50.2 Å². The molecule has 1 saturated heterocycles. The molecule has 2 heterocycles. The van der Waals surface area contributed by atoms with Crippen molar-refractivity contribution < 1.29 is 24.3 Å². The molecule has 0 radical (unpaired) electrons. The van der Waals surface area contributed by atoms with Crippen LogP contribution in [0.1, 0.15) is 51.4 Å². The maximum Gasteiger partial charge on any atom is 0.335 e. The van der Waals surface area contributed by atoms with Gasteiger partial charge in [-0.05, 0) is 62.9 Å². The maximum absolute atomic E-state index is 13.6. The van der Waals surface area contributed by atoms with Gasteiger partial charge in [0, 0.05) is 13.1 Å². The fourth-order valence-electron chi connectivity index (χ4n) is 5.02. The van der Waals surface area contributed by atoms with E-state index in [2.05, 4.69) is 20.6 Å². The van der Waals surface area contributed by atoms with E-state index >= 15 is 0 Å². The minimum atomic E-state index is -1.08. The van der Waals surface area contributed by atoms with Crippen molar-refractivity contribution in [3.8, 4) is 0 Å². The Morgan fingerprint density at radius 3 is 2.60 bits per heavy atom. The number of carbonyl (C=O) groups excluding carboxylic acids is 3. The van der Waals surface area contributed by atoms with Crippen LogP contribution >= 0.6 is 11.3 Å². The molecule has 0 saturated carbocycles. The second-order valence-corrected chi connectivity index (χ2v) is 11.1. The van der Waals surface area contributed by atoms with E-state index < -0.39 is 35.8 Å². The molecule has 42 heavy (non-hydrogen) atoms. The number of thiazole rings is 1. The van der Waals surface area contributed by atoms with Gasteiger partial charge in [0.25, 0.3) is 0 Å². The fraction of sp³-hybridized carbons (Fsp3) is 0.379. The minimum absolute atomic E-state index is 0.0722. The third-order valence-corrected chi connectivity index (χ3v) is 8.22. The molecule has 0 unspecified atom stereocenters. The Labute approximate surface area is 247 Å². The zero-order chi connectivity index (χ0) is 30.2. The van der Waals surface area contributed by atoms with Crippen molar-refractivity contribution in [3.05, 3.63) is 64.7 Å². The van der Waals surface area contributed by atoms with Crippen LogP contribution in [-0.2, 0) is 16.0 Å². The first-order valence-corrected chi connectivity index (χ1v) is 14.5. The molecule has 12 nitrogen and oxygen atoms in total. The van der Waals surface area contributed by atoms with E-state index in [1.807, 2.05) is 30.3 Å². The predicted octanol–water partition coefficient (Wildman–Crippen LogP) is 1.54. The standard InChI is InChI=1S/C29H35N7O5S/c1-32-21(15-17-7-3-2-4-8-17)27(39)36-14-6-10-22(36)25(38)34-20(9-5-13-33-29(30)31)24(37)26-35-19-12-11-18(28(40)41)16-23(19)42-26/h2-4,7-8,11-12,16,20-22,32H,5-6,9-10,13-15H2,1H3,(H,34,38)(H,40,41)(H4,30,31,33)/t20-,21+,22+/m0/s1. The lowest BCUT2D eigenvalue weighted by molar-refractivity contribution is -0.140. The third-order valence-electron chi connectivity index (χ3n) is 7.19. The number of nitrogens with zero attached hydrogens (tertiary/aromatic N) is 3. The Kier molecular flexibility index (Phi) is 10.2. The molecular weight excluding hydrogens is 558 g/mol. The summed E-state index contributed by atoms with van der Waals surface area (Å²) in [6.45, 7) is 0.706. The maximum atomic E-state index is 13.6. The Morgan fingerprint density at radius 1 is 1.14 bits per heavy atom. The molecule has 1 aliphatic rings. The number of benzene rings is 2. The van der Waals surface area contributed by atoms with E-state index in [-0.39, 0.29) is 35.4 Å². The van der Waals surface area contributed by atoms with E-state index in [1.54, 1.807) is 18.0 Å². The molecule has 0 bridgehead atoms. The molecule has 0 spiro atoms. The van der Waals surface area contributed by atoms with Gasteiger partial charge < -0.3 is 32.1 Å². The quantitative estimate of drug-likeness (QED) is 0.0846. The number of likely N-dealkylation sites (N-methyl/N-ethyl adjacent to an activating group) is 1. The molecule has 7 N–H and O–H groups in total. The molecule has 3 aromatic rings. The van der Waals surface area contributed by atoms with E-state index in [1.165, 1.54) is 12.1 Å². The monoisotopic (exact) mass is 593 g/mol. The summed E-state index contributed by atoms with van der Waals surface area (Å²) in [7, 11) is 1.72. The van der Waals surface area contributed by atoms with Gasteiger partial charge in [0.15, 0.2) is 11.0 Å². The summed E-state index contributed by atoms with van der Waals surface area (Å²) in [5.74, 6) is -2.14. The number of aliphatic imine (C=N–C) groups is 1. The first-order chi connectivity index (χ1) is 20.2. The number of hydrogen-bond acceptors (Lipinski definition) is 8. The van der Waals surface area contributed by atoms with E-state index in [0.29, 0.717) is 42.4 Å². The molecule has 2 amide bonds. The lowest BCUT2D eigenvalue weighted by atomic mass is 10.0. The fourth-order valence-corrected chi connectivity index (χ4v) is 6.02. The summed E-state index contributed by atoms with van der Waals surface area (Å²) in [5.41, 5.74) is 12.4. The zero-order valence-electron chi connectivity index (χ0n) is 23.3. The summed E-state index contributed by atoms with van der Waals surface area (Å²) >= 11 is 1.07. The van der Waals surface area contributed by atoms with Crippen LogP contribution in [0.25, 0.3) is 10.2 Å². The highest BCUT2D eigenvalue weighted by molar-refractivity contribution is 7.20. The largest absolute Gasteiger partial charge is 0.478 e. The summed E-state index contributed by atoms with van der Waals surface area (Å²) < 4.78 is 0.549. The van der Waals surface area contributed by atoms with Gasteiger partial charge in [-0.25, -0.2) is 9.78 Å². The average Bonchev–Trinajstić information content (AvgIpc) is 3.64. The topological polar surface area (TPSA) is 193 Å². The number of aromatic carboxylic acids is 1. The van der Waals surface area contributed by atoms with E-state index in [9.17, 15) is 24.3 Å². The van der Waals surface area contributed by atoms with Crippen LogP contribution in [0.15, 0.2) is 53.5 Å². The summed E-state index contributed by atoms with van der Waals surface area (Å²) in [6.07, 6.45) is 2.28. The van der Waals surface area contributed by atoms with Crippen LogP contribution in [0.4, 0.5) is 0 Å². The van der Waals surface area contributed by atoms with Gasteiger partial charge in [0.1, 0.15) is 6.04 Å². The van der Waals surface area contributed by atoms with Gasteiger partial charge in [0.05, 0.1) is 27.9 Å². The zero-order valence-corrected chi connectivity index (χ0v) is 24.1. The van der Waals surface area contributed by atoms with Crippen molar-refractivity contribution in [3.63, 3.8) is 0 Å². The van der Waals surface area contributed by atoms with Crippen molar-refractivity contribution >= 4 is 51.1 Å². The van der Waals surface area contributed by atoms with E-state index in [0.717, 1.165) is 16.9 Å². The van der Waals surface area contributed by atoms with Crippen LogP contribution in [0.3, 0.4) is 0 Å². The highest BCUT2D eigenvalue weighted by Gasteiger charge is 2.38. The lowest BCUT2D eigenvalue weighted by Crippen LogP contribution is -2.54. The number of carboxylic acids is 1. The van der Waals surface area contributed by atoms with Crippen LogP contribution in [0.5, 0.6) is 0 Å². The second-order valence-electron chi connectivity index (χ2n) is 10.1. The lowest BCUT2D eigenvalue weighted by Gasteiger charge is -2.29. The number of aromatic nitrogens is 1. The number of Topliss-reactive ketones (excluding diaryl/α,β-unsaturated/α-hetero) is 1. The van der Waals surface area contributed by atoms with Gasteiger partial charge >= 0.3 is 5.97 Å². The Morgan fingerprint density at radius 2 is 1.90 bits per heavy atom. The third kappa shape index (κ3) is 7.47. The van der Waals surface area contributed by atoms with Crippen molar-refractivity contribution in [2.75, 3.05) is 20.1 Å². The highest BCUT2D eigenvalue weighted by atomic mass is 32.1. The van der Waals surface area contributed by atoms with Gasteiger partial charge in [-0.1, -0.05) is 30.3 Å². The van der Waals surface area contributed by atoms with Crippen LogP contribution in [-0.4, -0.2) is 82.8 Å². The number of guanidine groups is 1. The van der Waals surface area contributed by atoms with Crippen molar-refractivity contribution in [1.82, 2.24) is 20.5 Å². The smallest absolute Gasteiger partial charge is 0.335 e. The summed E-state index contributed by atoms with van der Waals surface area (Å²) in [6, 6.07) is 11.9.